The molecule has 0 radical (unpaired) electrons. The Hall–Kier alpha value is -1.85. The third kappa shape index (κ3) is 5.14. The maximum atomic E-state index is 11.3. The molecule has 0 atom stereocenters. The van der Waals surface area contributed by atoms with Gasteiger partial charge < -0.3 is 9.47 Å². The molecule has 6 nitrogen and oxygen atoms in total. The van der Waals surface area contributed by atoms with Gasteiger partial charge in [-0.3, -0.25) is 5.32 Å². The molecule has 1 N–H and O–H groups in total. The Morgan fingerprint density at radius 3 is 2.35 bits per heavy atom. The lowest BCUT2D eigenvalue weighted by atomic mass is 10.5. The summed E-state index contributed by atoms with van der Waals surface area (Å²) in [7, 11) is 0. The predicted octanol–water partition coefficient (Wildman–Crippen LogP) is 2.22. The topological polar surface area (TPSA) is 73.3 Å². The maximum absolute atomic E-state index is 11.3. The van der Waals surface area contributed by atoms with Crippen molar-refractivity contribution in [3.8, 4) is 5.88 Å². The normalized spacial score (nSPS) is 10.5. The summed E-state index contributed by atoms with van der Waals surface area (Å²) in [6, 6.07) is 0. The standard InChI is InChI=1S/C11H17N3O3/c1-7(2)16-10-6-12-9(5-13-10)14-11(15)17-8(3)4/h5-8H,1-4H3,(H,12,14,15). The van der Waals surface area contributed by atoms with E-state index in [2.05, 4.69) is 15.3 Å². The van der Waals surface area contributed by atoms with E-state index >= 15 is 0 Å². The smallest absolute Gasteiger partial charge is 0.413 e. The van der Waals surface area contributed by atoms with Crippen LogP contribution in [0.2, 0.25) is 0 Å². The van der Waals surface area contributed by atoms with E-state index in [-0.39, 0.29) is 12.2 Å². The molecule has 1 rings (SSSR count). The van der Waals surface area contributed by atoms with Gasteiger partial charge in [-0.1, -0.05) is 0 Å². The van der Waals surface area contributed by atoms with E-state index in [4.69, 9.17) is 9.47 Å². The first kappa shape index (κ1) is 13.2. The van der Waals surface area contributed by atoms with Crippen LogP contribution >= 0.6 is 0 Å². The Kier molecular flexibility index (Phi) is 4.68. The molecule has 1 aromatic heterocycles. The molecule has 0 aliphatic carbocycles. The minimum atomic E-state index is -0.549. The van der Waals surface area contributed by atoms with E-state index in [0.717, 1.165) is 0 Å². The number of amides is 1. The minimum Gasteiger partial charge on any atom is -0.474 e. The average Bonchev–Trinajstić information content (AvgIpc) is 2.18. The molecule has 0 bridgehead atoms. The van der Waals surface area contributed by atoms with Gasteiger partial charge in [-0.15, -0.1) is 0 Å². The van der Waals surface area contributed by atoms with Gasteiger partial charge in [0.2, 0.25) is 5.88 Å². The number of aromatic nitrogens is 2. The van der Waals surface area contributed by atoms with Gasteiger partial charge in [0.15, 0.2) is 5.82 Å². The van der Waals surface area contributed by atoms with Crippen LogP contribution in [0.15, 0.2) is 12.4 Å². The summed E-state index contributed by atoms with van der Waals surface area (Å²) in [6.07, 6.45) is 2.18. The van der Waals surface area contributed by atoms with E-state index in [0.29, 0.717) is 11.7 Å². The molecule has 6 heteroatoms. The van der Waals surface area contributed by atoms with Gasteiger partial charge in [0.1, 0.15) is 0 Å². The first-order chi connectivity index (χ1) is 7.97. The number of carbonyl (C=O) groups excluding carboxylic acids is 1. The van der Waals surface area contributed by atoms with Crippen LogP contribution in [0, 0.1) is 0 Å². The quantitative estimate of drug-likeness (QED) is 0.872. The Labute approximate surface area is 100 Å². The summed E-state index contributed by atoms with van der Waals surface area (Å²) in [4.78, 5) is 19.2. The molecule has 0 aliphatic heterocycles. The minimum absolute atomic E-state index is 0.0361. The second-order valence-electron chi connectivity index (χ2n) is 3.99. The second-order valence-corrected chi connectivity index (χ2v) is 3.99. The SMILES string of the molecule is CC(C)OC(=O)Nc1cnc(OC(C)C)cn1. The van der Waals surface area contributed by atoms with Crippen molar-refractivity contribution in [1.29, 1.82) is 0 Å². The largest absolute Gasteiger partial charge is 0.474 e. The molecule has 0 unspecified atom stereocenters. The molecular weight excluding hydrogens is 222 g/mol. The number of ether oxygens (including phenoxy) is 2. The van der Waals surface area contributed by atoms with Crippen LogP contribution in [-0.2, 0) is 4.74 Å². The van der Waals surface area contributed by atoms with Gasteiger partial charge >= 0.3 is 6.09 Å². The summed E-state index contributed by atoms with van der Waals surface area (Å²) >= 11 is 0. The molecule has 0 fully saturated rings. The van der Waals surface area contributed by atoms with Crippen molar-refractivity contribution in [2.75, 3.05) is 5.32 Å². The van der Waals surface area contributed by atoms with Crippen LogP contribution in [0.5, 0.6) is 5.88 Å². The Balaban J connectivity index is 2.53. The fourth-order valence-corrected chi connectivity index (χ4v) is 1.03. The van der Waals surface area contributed by atoms with E-state index in [1.54, 1.807) is 13.8 Å². The van der Waals surface area contributed by atoms with Crippen molar-refractivity contribution in [3.63, 3.8) is 0 Å². The number of nitrogens with zero attached hydrogens (tertiary/aromatic N) is 2. The van der Waals surface area contributed by atoms with Crippen molar-refractivity contribution in [2.24, 2.45) is 0 Å². The van der Waals surface area contributed by atoms with E-state index in [9.17, 15) is 4.79 Å². The molecule has 17 heavy (non-hydrogen) atoms. The van der Waals surface area contributed by atoms with E-state index < -0.39 is 6.09 Å². The lowest BCUT2D eigenvalue weighted by Crippen LogP contribution is -2.18. The zero-order valence-electron chi connectivity index (χ0n) is 10.4. The molecule has 0 aliphatic rings. The zero-order chi connectivity index (χ0) is 12.8. The fraction of sp³-hybridized carbons (Fsp3) is 0.545. The number of carbonyl (C=O) groups is 1. The summed E-state index contributed by atoms with van der Waals surface area (Å²) < 4.78 is 10.2. The summed E-state index contributed by atoms with van der Waals surface area (Å²) in [6.45, 7) is 7.33. The van der Waals surface area contributed by atoms with Crippen molar-refractivity contribution in [2.45, 2.75) is 39.9 Å². The van der Waals surface area contributed by atoms with Crippen molar-refractivity contribution in [3.05, 3.63) is 12.4 Å². The highest BCUT2D eigenvalue weighted by atomic mass is 16.6. The van der Waals surface area contributed by atoms with Crippen molar-refractivity contribution in [1.82, 2.24) is 9.97 Å². The van der Waals surface area contributed by atoms with Gasteiger partial charge in [-0.25, -0.2) is 14.8 Å². The van der Waals surface area contributed by atoms with Gasteiger partial charge in [0.05, 0.1) is 24.6 Å². The highest BCUT2D eigenvalue weighted by Gasteiger charge is 2.07. The van der Waals surface area contributed by atoms with Crippen LogP contribution in [0.25, 0.3) is 0 Å². The third-order valence-electron chi connectivity index (χ3n) is 1.56. The Morgan fingerprint density at radius 1 is 1.18 bits per heavy atom. The summed E-state index contributed by atoms with van der Waals surface area (Å²) in [5.41, 5.74) is 0. The average molecular weight is 239 g/mol. The van der Waals surface area contributed by atoms with Crippen LogP contribution < -0.4 is 10.1 Å². The molecular formula is C11H17N3O3. The van der Waals surface area contributed by atoms with Crippen LogP contribution in [0.1, 0.15) is 27.7 Å². The Morgan fingerprint density at radius 2 is 1.88 bits per heavy atom. The van der Waals surface area contributed by atoms with Crippen LogP contribution in [0.3, 0.4) is 0 Å². The van der Waals surface area contributed by atoms with Gasteiger partial charge in [0.25, 0.3) is 0 Å². The van der Waals surface area contributed by atoms with E-state index in [1.165, 1.54) is 12.4 Å². The lowest BCUT2D eigenvalue weighted by molar-refractivity contribution is 0.130. The highest BCUT2D eigenvalue weighted by molar-refractivity contribution is 5.83. The second kappa shape index (κ2) is 6.03. The molecule has 0 spiro atoms. The van der Waals surface area contributed by atoms with Gasteiger partial charge in [-0.2, -0.15) is 0 Å². The molecule has 0 aromatic carbocycles. The monoisotopic (exact) mass is 239 g/mol. The number of anilines is 1. The molecule has 94 valence electrons. The molecule has 1 heterocycles. The van der Waals surface area contributed by atoms with Crippen LogP contribution in [0.4, 0.5) is 10.6 Å². The van der Waals surface area contributed by atoms with Gasteiger partial charge in [-0.05, 0) is 27.7 Å². The molecule has 1 aromatic rings. The number of rotatable bonds is 4. The maximum Gasteiger partial charge on any atom is 0.413 e. The molecule has 0 saturated heterocycles. The first-order valence-electron chi connectivity index (χ1n) is 5.43. The highest BCUT2D eigenvalue weighted by Crippen LogP contribution is 2.09. The van der Waals surface area contributed by atoms with Crippen LogP contribution in [-0.4, -0.2) is 28.3 Å². The van der Waals surface area contributed by atoms with Crippen molar-refractivity contribution < 1.29 is 14.3 Å². The first-order valence-corrected chi connectivity index (χ1v) is 5.43. The van der Waals surface area contributed by atoms with E-state index in [1.807, 2.05) is 13.8 Å². The summed E-state index contributed by atoms with van der Waals surface area (Å²) in [5, 5.41) is 2.46. The van der Waals surface area contributed by atoms with Crippen molar-refractivity contribution >= 4 is 11.9 Å². The predicted molar refractivity (Wildman–Crippen MR) is 63.0 cm³/mol. The number of hydrogen-bond donors (Lipinski definition) is 1. The number of nitrogens with one attached hydrogen (secondary N) is 1. The Bertz CT molecular complexity index is 363. The third-order valence-corrected chi connectivity index (χ3v) is 1.56. The molecule has 0 saturated carbocycles. The van der Waals surface area contributed by atoms with Gasteiger partial charge in [0, 0.05) is 0 Å². The number of hydrogen-bond acceptors (Lipinski definition) is 5. The fourth-order valence-electron chi connectivity index (χ4n) is 1.03. The lowest BCUT2D eigenvalue weighted by Gasteiger charge is -2.10. The summed E-state index contributed by atoms with van der Waals surface area (Å²) in [5.74, 6) is 0.745. The zero-order valence-corrected chi connectivity index (χ0v) is 10.4. The molecule has 1 amide bonds.